The molecule has 21 heavy (non-hydrogen) atoms. The number of urea groups is 1. The molecule has 8 heteroatoms. The van der Waals surface area contributed by atoms with Crippen LogP contribution in [0.1, 0.15) is 34.1 Å². The zero-order valence-electron chi connectivity index (χ0n) is 13.0. The third-order valence-corrected chi connectivity index (χ3v) is 2.99. The fourth-order valence-electron chi connectivity index (χ4n) is 2.02. The first-order valence-electron chi connectivity index (χ1n) is 6.96. The highest BCUT2D eigenvalue weighted by molar-refractivity contribution is 5.87. The van der Waals surface area contributed by atoms with Crippen molar-refractivity contribution in [3.05, 3.63) is 0 Å². The molecule has 0 aliphatic heterocycles. The maximum Gasteiger partial charge on any atom is 0.326 e. The topological polar surface area (TPSA) is 125 Å². The molecule has 0 rings (SSSR count). The zero-order valence-corrected chi connectivity index (χ0v) is 13.0. The number of hydrogen-bond acceptors (Lipinski definition) is 4. The Balaban J connectivity index is 4.24. The number of hydrogen-bond donors (Lipinski definition) is 4. The van der Waals surface area contributed by atoms with Crippen LogP contribution in [0.4, 0.5) is 4.79 Å². The van der Waals surface area contributed by atoms with E-state index in [0.717, 1.165) is 0 Å². The molecule has 0 radical (unpaired) electrons. The molecule has 0 aromatic rings. The van der Waals surface area contributed by atoms with E-state index in [0.29, 0.717) is 25.2 Å². The second kappa shape index (κ2) is 9.17. The molecule has 0 aromatic heterocycles. The van der Waals surface area contributed by atoms with Gasteiger partial charge < -0.3 is 21.5 Å². The van der Waals surface area contributed by atoms with Crippen molar-refractivity contribution in [1.29, 1.82) is 0 Å². The molecule has 0 fully saturated rings. The summed E-state index contributed by atoms with van der Waals surface area (Å²) in [6.07, 6.45) is -0.438. The number of carboxylic acid groups (broad SMARTS) is 1. The van der Waals surface area contributed by atoms with Crippen molar-refractivity contribution >= 4 is 17.9 Å². The first kappa shape index (κ1) is 19.2. The predicted octanol–water partition coefficient (Wildman–Crippen LogP) is -0.267. The van der Waals surface area contributed by atoms with Crippen LogP contribution in [0.15, 0.2) is 0 Å². The summed E-state index contributed by atoms with van der Waals surface area (Å²) in [4.78, 5) is 35.4. The van der Waals surface area contributed by atoms with E-state index in [1.54, 1.807) is 0 Å². The fourth-order valence-corrected chi connectivity index (χ4v) is 2.02. The molecule has 0 aromatic carbocycles. The van der Waals surface area contributed by atoms with Crippen LogP contribution < -0.4 is 16.4 Å². The number of amides is 3. The number of carboxylic acids is 1. The van der Waals surface area contributed by atoms with Crippen molar-refractivity contribution in [3.8, 4) is 0 Å². The minimum Gasteiger partial charge on any atom is -0.480 e. The van der Waals surface area contributed by atoms with E-state index >= 15 is 0 Å². The van der Waals surface area contributed by atoms with Gasteiger partial charge >= 0.3 is 12.0 Å². The van der Waals surface area contributed by atoms with Crippen LogP contribution >= 0.6 is 0 Å². The normalized spacial score (nSPS) is 12.5. The molecule has 3 amide bonds. The van der Waals surface area contributed by atoms with E-state index in [1.165, 1.54) is 0 Å². The molecule has 1 atom stereocenters. The highest BCUT2D eigenvalue weighted by atomic mass is 16.4. The first-order chi connectivity index (χ1) is 9.65. The van der Waals surface area contributed by atoms with Gasteiger partial charge in [0.15, 0.2) is 0 Å². The number of nitrogens with two attached hydrogens (primary N) is 1. The Bertz CT molecular complexity index is 363. The van der Waals surface area contributed by atoms with E-state index < -0.39 is 30.4 Å². The summed E-state index contributed by atoms with van der Waals surface area (Å²) in [5.41, 5.74) is 4.93. The monoisotopic (exact) mass is 302 g/mol. The number of primary amides is 1. The van der Waals surface area contributed by atoms with Crippen LogP contribution in [0.5, 0.6) is 0 Å². The molecular formula is C13H26N4O4. The lowest BCUT2D eigenvalue weighted by atomic mass is 10.2. The lowest BCUT2D eigenvalue weighted by Crippen LogP contribution is -2.49. The van der Waals surface area contributed by atoms with Gasteiger partial charge in [0.05, 0.1) is 6.42 Å². The van der Waals surface area contributed by atoms with Gasteiger partial charge in [0.2, 0.25) is 5.91 Å². The van der Waals surface area contributed by atoms with E-state index in [2.05, 4.69) is 43.2 Å². The van der Waals surface area contributed by atoms with Crippen LogP contribution in [0.3, 0.4) is 0 Å². The third kappa shape index (κ3) is 8.13. The summed E-state index contributed by atoms with van der Waals surface area (Å²) in [5.74, 6) is -2.08. The largest absolute Gasteiger partial charge is 0.480 e. The molecule has 0 heterocycles. The zero-order chi connectivity index (χ0) is 16.6. The van der Waals surface area contributed by atoms with Gasteiger partial charge in [0, 0.05) is 25.2 Å². The van der Waals surface area contributed by atoms with Gasteiger partial charge in [-0.05, 0) is 27.7 Å². The van der Waals surface area contributed by atoms with Crippen molar-refractivity contribution < 1.29 is 19.5 Å². The van der Waals surface area contributed by atoms with Crippen molar-refractivity contribution in [3.63, 3.8) is 0 Å². The molecule has 0 saturated heterocycles. The molecule has 0 unspecified atom stereocenters. The van der Waals surface area contributed by atoms with Crippen LogP contribution in [0.2, 0.25) is 0 Å². The summed E-state index contributed by atoms with van der Waals surface area (Å²) < 4.78 is 0. The van der Waals surface area contributed by atoms with Gasteiger partial charge in [0.1, 0.15) is 6.04 Å². The number of aliphatic carboxylic acids is 1. The Hall–Kier alpha value is -1.83. The van der Waals surface area contributed by atoms with E-state index in [-0.39, 0.29) is 0 Å². The van der Waals surface area contributed by atoms with Gasteiger partial charge in [-0.15, -0.1) is 0 Å². The lowest BCUT2D eigenvalue weighted by molar-refractivity contribution is -0.140. The molecule has 0 aliphatic carbocycles. The number of nitrogens with one attached hydrogen (secondary N) is 2. The third-order valence-electron chi connectivity index (χ3n) is 2.99. The number of carbonyl (C=O) groups excluding carboxylic acids is 2. The van der Waals surface area contributed by atoms with Gasteiger partial charge in [-0.25, -0.2) is 9.59 Å². The molecule has 0 bridgehead atoms. The van der Waals surface area contributed by atoms with Gasteiger partial charge in [-0.2, -0.15) is 0 Å². The summed E-state index contributed by atoms with van der Waals surface area (Å²) in [7, 11) is 0. The van der Waals surface area contributed by atoms with Gasteiger partial charge in [-0.1, -0.05) is 0 Å². The summed E-state index contributed by atoms with van der Waals surface area (Å²) in [6, 6.07) is -1.25. The van der Waals surface area contributed by atoms with Crippen LogP contribution in [0.25, 0.3) is 0 Å². The maximum atomic E-state index is 11.6. The highest BCUT2D eigenvalue weighted by Crippen LogP contribution is 2.03. The average Bonchev–Trinajstić information content (AvgIpc) is 2.32. The fraction of sp³-hybridized carbons (Fsp3) is 0.769. The minimum absolute atomic E-state index is 0.344. The summed E-state index contributed by atoms with van der Waals surface area (Å²) in [6.45, 7) is 9.28. The van der Waals surface area contributed by atoms with Crippen molar-refractivity contribution in [2.75, 3.05) is 13.1 Å². The molecule has 0 spiro atoms. The summed E-state index contributed by atoms with van der Waals surface area (Å²) in [5, 5.41) is 13.7. The highest BCUT2D eigenvalue weighted by Gasteiger charge is 2.22. The molecular weight excluding hydrogens is 276 g/mol. The first-order valence-corrected chi connectivity index (χ1v) is 6.96. The Morgan fingerprint density at radius 1 is 1.14 bits per heavy atom. The Morgan fingerprint density at radius 3 is 2.05 bits per heavy atom. The quantitative estimate of drug-likeness (QED) is 0.467. The number of carbonyl (C=O) groups is 3. The Morgan fingerprint density at radius 2 is 1.67 bits per heavy atom. The maximum absolute atomic E-state index is 11.6. The second-order valence-corrected chi connectivity index (χ2v) is 5.39. The summed E-state index contributed by atoms with van der Waals surface area (Å²) >= 11 is 0. The second-order valence-electron chi connectivity index (χ2n) is 5.39. The van der Waals surface area contributed by atoms with Crippen molar-refractivity contribution in [2.45, 2.75) is 52.2 Å². The van der Waals surface area contributed by atoms with Crippen molar-refractivity contribution in [1.82, 2.24) is 15.5 Å². The molecule has 8 nitrogen and oxygen atoms in total. The predicted molar refractivity (Wildman–Crippen MR) is 78.7 cm³/mol. The van der Waals surface area contributed by atoms with E-state index in [4.69, 9.17) is 10.8 Å². The van der Waals surface area contributed by atoms with Gasteiger partial charge in [0.25, 0.3) is 0 Å². The molecule has 0 saturated carbocycles. The number of rotatable bonds is 9. The van der Waals surface area contributed by atoms with E-state index in [9.17, 15) is 14.4 Å². The molecule has 122 valence electrons. The molecule has 5 N–H and O–H groups in total. The van der Waals surface area contributed by atoms with Gasteiger partial charge in [-0.3, -0.25) is 9.69 Å². The smallest absolute Gasteiger partial charge is 0.326 e. The van der Waals surface area contributed by atoms with Crippen LogP contribution in [0, 0.1) is 0 Å². The average molecular weight is 302 g/mol. The minimum atomic E-state index is -1.31. The molecule has 0 aliphatic rings. The Labute approximate surface area is 125 Å². The van der Waals surface area contributed by atoms with Crippen LogP contribution in [-0.4, -0.2) is 59.1 Å². The van der Waals surface area contributed by atoms with Crippen molar-refractivity contribution in [2.24, 2.45) is 5.73 Å². The standard InChI is InChI=1S/C13H26N4O4/c1-8(2)17(9(3)4)6-5-15-13(21)16-10(12(19)20)7-11(14)18/h8-10H,5-7H2,1-4H3,(H2,14,18)(H,19,20)(H2,15,16,21)/t10-/m1/s1. The van der Waals surface area contributed by atoms with E-state index in [1.807, 2.05) is 0 Å². The van der Waals surface area contributed by atoms with Crippen LogP contribution in [-0.2, 0) is 9.59 Å². The SMILES string of the molecule is CC(C)N(CCNC(=O)N[C@H](CC(N)=O)C(=O)O)C(C)C. The number of nitrogens with zero attached hydrogens (tertiary/aromatic N) is 1. The lowest BCUT2D eigenvalue weighted by Gasteiger charge is -2.30. The Kier molecular flexibility index (Phi) is 8.37.